The van der Waals surface area contributed by atoms with Gasteiger partial charge in [0.2, 0.25) is 0 Å². The number of phenolic OH excluding ortho intramolecular Hbond substituents is 1. The maximum Gasteiger partial charge on any atom is 0.161 e. The van der Waals surface area contributed by atoms with Crippen LogP contribution < -0.4 is 10.5 Å². The second-order valence-electron chi connectivity index (χ2n) is 6.00. The van der Waals surface area contributed by atoms with E-state index in [1.54, 1.807) is 6.07 Å². The molecule has 0 aliphatic heterocycles. The van der Waals surface area contributed by atoms with Crippen molar-refractivity contribution >= 4 is 0 Å². The van der Waals surface area contributed by atoms with Crippen molar-refractivity contribution in [1.82, 2.24) is 4.90 Å². The molecule has 0 saturated heterocycles. The number of rotatable bonds is 6. The van der Waals surface area contributed by atoms with Gasteiger partial charge in [0, 0.05) is 12.6 Å². The van der Waals surface area contributed by atoms with Crippen molar-refractivity contribution in [2.45, 2.75) is 45.2 Å². The molecular formula is C17H28N2O2. The largest absolute Gasteiger partial charge is 0.504 e. The van der Waals surface area contributed by atoms with Gasteiger partial charge in [-0.3, -0.25) is 4.90 Å². The molecule has 2 atom stereocenters. The Labute approximate surface area is 127 Å². The smallest absolute Gasteiger partial charge is 0.161 e. The predicted molar refractivity (Wildman–Crippen MR) is 85.5 cm³/mol. The number of nitrogens with two attached hydrogens (primary N) is 1. The highest BCUT2D eigenvalue weighted by molar-refractivity contribution is 5.41. The number of hydrogen-bond acceptors (Lipinski definition) is 4. The quantitative estimate of drug-likeness (QED) is 0.846. The average Bonchev–Trinajstić information content (AvgIpc) is 2.50. The lowest BCUT2D eigenvalue weighted by atomic mass is 9.83. The summed E-state index contributed by atoms with van der Waals surface area (Å²) in [6.45, 7) is 4.12. The van der Waals surface area contributed by atoms with Gasteiger partial charge in [-0.05, 0) is 57.0 Å². The standard InChI is InChI=1S/C17H28N2O2/c1-3-21-17-10-13(8-9-16(17)20)12-19(2)15-7-5-4-6-14(15)11-18/h8-10,14-15,20H,3-7,11-12,18H2,1-2H3. The van der Waals surface area contributed by atoms with E-state index in [0.717, 1.165) is 13.1 Å². The predicted octanol–water partition coefficient (Wildman–Crippen LogP) is 2.74. The Morgan fingerprint density at radius 3 is 2.81 bits per heavy atom. The highest BCUT2D eigenvalue weighted by Gasteiger charge is 2.27. The molecule has 0 spiro atoms. The monoisotopic (exact) mass is 292 g/mol. The highest BCUT2D eigenvalue weighted by atomic mass is 16.5. The molecule has 1 aromatic carbocycles. The van der Waals surface area contributed by atoms with Crippen molar-refractivity contribution in [3.8, 4) is 11.5 Å². The summed E-state index contributed by atoms with van der Waals surface area (Å²) in [7, 11) is 2.17. The van der Waals surface area contributed by atoms with Gasteiger partial charge in [-0.25, -0.2) is 0 Å². The van der Waals surface area contributed by atoms with Crippen LogP contribution in [0.1, 0.15) is 38.2 Å². The van der Waals surface area contributed by atoms with E-state index in [4.69, 9.17) is 10.5 Å². The second-order valence-corrected chi connectivity index (χ2v) is 6.00. The first-order chi connectivity index (χ1) is 10.2. The highest BCUT2D eigenvalue weighted by Crippen LogP contribution is 2.30. The molecule has 0 amide bonds. The van der Waals surface area contributed by atoms with Gasteiger partial charge in [0.25, 0.3) is 0 Å². The van der Waals surface area contributed by atoms with Crippen LogP contribution in [0, 0.1) is 5.92 Å². The number of nitrogens with zero attached hydrogens (tertiary/aromatic N) is 1. The fourth-order valence-corrected chi connectivity index (χ4v) is 3.38. The third kappa shape index (κ3) is 4.11. The average molecular weight is 292 g/mol. The van der Waals surface area contributed by atoms with Gasteiger partial charge < -0.3 is 15.6 Å². The van der Waals surface area contributed by atoms with E-state index in [2.05, 4.69) is 11.9 Å². The van der Waals surface area contributed by atoms with Crippen molar-refractivity contribution in [1.29, 1.82) is 0 Å². The molecule has 4 heteroatoms. The molecule has 1 fully saturated rings. The van der Waals surface area contributed by atoms with Crippen molar-refractivity contribution in [3.63, 3.8) is 0 Å². The van der Waals surface area contributed by atoms with Gasteiger partial charge in [0.15, 0.2) is 11.5 Å². The molecule has 4 nitrogen and oxygen atoms in total. The second kappa shape index (κ2) is 7.66. The molecule has 0 bridgehead atoms. The molecule has 3 N–H and O–H groups in total. The lowest BCUT2D eigenvalue weighted by Crippen LogP contribution is -2.42. The van der Waals surface area contributed by atoms with E-state index in [9.17, 15) is 5.11 Å². The zero-order valence-electron chi connectivity index (χ0n) is 13.2. The summed E-state index contributed by atoms with van der Waals surface area (Å²) in [6, 6.07) is 6.19. The Morgan fingerprint density at radius 1 is 1.33 bits per heavy atom. The van der Waals surface area contributed by atoms with Gasteiger partial charge in [-0.2, -0.15) is 0 Å². The number of aromatic hydroxyl groups is 1. The molecule has 21 heavy (non-hydrogen) atoms. The van der Waals surface area contributed by atoms with Gasteiger partial charge in [0.1, 0.15) is 0 Å². The van der Waals surface area contributed by atoms with E-state index in [1.165, 1.54) is 31.2 Å². The van der Waals surface area contributed by atoms with Crippen molar-refractivity contribution < 1.29 is 9.84 Å². The lowest BCUT2D eigenvalue weighted by Gasteiger charge is -2.37. The van der Waals surface area contributed by atoms with Crippen molar-refractivity contribution in [3.05, 3.63) is 23.8 Å². The van der Waals surface area contributed by atoms with E-state index < -0.39 is 0 Å². The fourth-order valence-electron chi connectivity index (χ4n) is 3.38. The van der Waals surface area contributed by atoms with E-state index in [0.29, 0.717) is 24.3 Å². The van der Waals surface area contributed by atoms with Crippen LogP contribution in [0.5, 0.6) is 11.5 Å². The summed E-state index contributed by atoms with van der Waals surface area (Å²) in [6.07, 6.45) is 5.07. The molecule has 1 saturated carbocycles. The lowest BCUT2D eigenvalue weighted by molar-refractivity contribution is 0.127. The molecule has 2 rings (SSSR count). The fraction of sp³-hybridized carbons (Fsp3) is 0.647. The maximum atomic E-state index is 9.77. The van der Waals surface area contributed by atoms with Crippen LogP contribution >= 0.6 is 0 Å². The molecule has 1 aliphatic rings. The first-order valence-electron chi connectivity index (χ1n) is 8.00. The molecule has 1 aliphatic carbocycles. The number of ether oxygens (including phenoxy) is 1. The van der Waals surface area contributed by atoms with Crippen molar-refractivity contribution in [2.24, 2.45) is 11.7 Å². The molecule has 0 heterocycles. The Hall–Kier alpha value is -1.26. The van der Waals surface area contributed by atoms with Crippen LogP contribution in [0.4, 0.5) is 0 Å². The summed E-state index contributed by atoms with van der Waals surface area (Å²) in [5.74, 6) is 1.38. The Balaban J connectivity index is 2.04. The first-order valence-corrected chi connectivity index (χ1v) is 8.00. The van der Waals surface area contributed by atoms with Gasteiger partial charge in [0.05, 0.1) is 6.61 Å². The third-order valence-electron chi connectivity index (χ3n) is 4.49. The van der Waals surface area contributed by atoms with Crippen LogP contribution in [0.15, 0.2) is 18.2 Å². The van der Waals surface area contributed by atoms with Crippen LogP contribution in [0.2, 0.25) is 0 Å². The zero-order chi connectivity index (χ0) is 15.2. The third-order valence-corrected chi connectivity index (χ3v) is 4.49. The van der Waals surface area contributed by atoms with Crippen molar-refractivity contribution in [2.75, 3.05) is 20.2 Å². The van der Waals surface area contributed by atoms with Gasteiger partial charge in [-0.1, -0.05) is 18.9 Å². The molecule has 2 unspecified atom stereocenters. The summed E-state index contributed by atoms with van der Waals surface area (Å²) in [5, 5.41) is 9.77. The molecular weight excluding hydrogens is 264 g/mol. The number of phenols is 1. The van der Waals surface area contributed by atoms with E-state index in [-0.39, 0.29) is 5.75 Å². The van der Waals surface area contributed by atoms with Gasteiger partial charge >= 0.3 is 0 Å². The maximum absolute atomic E-state index is 9.77. The zero-order valence-corrected chi connectivity index (χ0v) is 13.2. The molecule has 118 valence electrons. The topological polar surface area (TPSA) is 58.7 Å². The SMILES string of the molecule is CCOc1cc(CN(C)C2CCCCC2CN)ccc1O. The Morgan fingerprint density at radius 2 is 2.10 bits per heavy atom. The van der Waals surface area contributed by atoms with Gasteiger partial charge in [-0.15, -0.1) is 0 Å². The summed E-state index contributed by atoms with van der Waals surface area (Å²) in [5.41, 5.74) is 7.10. The Bertz CT molecular complexity index is 450. The normalized spacial score (nSPS) is 22.5. The first kappa shape index (κ1) is 16.1. The van der Waals surface area contributed by atoms with Crippen LogP contribution in [0.25, 0.3) is 0 Å². The van der Waals surface area contributed by atoms with Crippen LogP contribution in [0.3, 0.4) is 0 Å². The summed E-state index contributed by atoms with van der Waals surface area (Å²) < 4.78 is 5.46. The molecule has 1 aromatic rings. The van der Waals surface area contributed by atoms with E-state index in [1.807, 2.05) is 19.1 Å². The van der Waals surface area contributed by atoms with Crippen LogP contribution in [-0.2, 0) is 6.54 Å². The Kier molecular flexibility index (Phi) is 5.88. The minimum atomic E-state index is 0.209. The van der Waals surface area contributed by atoms with Crippen LogP contribution in [-0.4, -0.2) is 36.2 Å². The number of benzene rings is 1. The molecule has 0 radical (unpaired) electrons. The summed E-state index contributed by atoms with van der Waals surface area (Å²) >= 11 is 0. The minimum Gasteiger partial charge on any atom is -0.504 e. The minimum absolute atomic E-state index is 0.209. The number of hydrogen-bond donors (Lipinski definition) is 2. The summed E-state index contributed by atoms with van der Waals surface area (Å²) in [4.78, 5) is 2.40. The molecule has 0 aromatic heterocycles. The van der Waals surface area contributed by atoms with E-state index >= 15 is 0 Å².